The normalized spacial score (nSPS) is 11.9. The number of alkyl halides is 3. The number of halogens is 3. The van der Waals surface area contributed by atoms with Gasteiger partial charge >= 0.3 is 12.1 Å². The molecule has 2 heterocycles. The third kappa shape index (κ3) is 4.83. The second-order valence-electron chi connectivity index (χ2n) is 7.26. The number of aromatic nitrogens is 2. The second-order valence-corrected chi connectivity index (χ2v) is 9.46. The third-order valence-electron chi connectivity index (χ3n) is 5.03. The van der Waals surface area contributed by atoms with Crippen LogP contribution in [0.3, 0.4) is 0 Å². The molecule has 1 N–H and O–H groups in total. The maximum Gasteiger partial charge on any atom is 0.416 e. The average molecular weight is 477 g/mol. The molecule has 32 heavy (non-hydrogen) atoms. The SMILES string of the molecule is CCc1nc(-c2ccc(C(F)(F)F)cc2)sc1CCc1nc2c(CC(=O)O)cccc2s1. The Hall–Kier alpha value is -2.78. The number of fused-ring (bicyclic) bond motifs is 1. The van der Waals surface area contributed by atoms with Gasteiger partial charge in [0.15, 0.2) is 0 Å². The molecule has 9 heteroatoms. The minimum atomic E-state index is -4.36. The summed E-state index contributed by atoms with van der Waals surface area (Å²) in [5.74, 6) is -0.889. The number of nitrogens with zero attached hydrogens (tertiary/aromatic N) is 2. The number of thiazole rings is 2. The van der Waals surface area contributed by atoms with Crippen molar-refractivity contribution in [1.29, 1.82) is 0 Å². The first-order valence-electron chi connectivity index (χ1n) is 10.00. The van der Waals surface area contributed by atoms with E-state index in [9.17, 15) is 18.0 Å². The lowest BCUT2D eigenvalue weighted by Crippen LogP contribution is -2.03. The molecule has 0 aliphatic carbocycles. The highest BCUT2D eigenvalue weighted by molar-refractivity contribution is 7.18. The number of benzene rings is 2. The Bertz CT molecular complexity index is 1260. The summed E-state index contributed by atoms with van der Waals surface area (Å²) in [6.45, 7) is 2.00. The van der Waals surface area contributed by atoms with E-state index in [0.29, 0.717) is 22.6 Å². The lowest BCUT2D eigenvalue weighted by molar-refractivity contribution is -0.138. The lowest BCUT2D eigenvalue weighted by Gasteiger charge is -2.06. The number of carboxylic acids is 1. The molecule has 0 unspecified atom stereocenters. The highest BCUT2D eigenvalue weighted by Gasteiger charge is 2.30. The van der Waals surface area contributed by atoms with E-state index < -0.39 is 17.7 Å². The maximum absolute atomic E-state index is 12.8. The number of carbonyl (C=O) groups is 1. The Kier molecular flexibility index (Phi) is 6.30. The van der Waals surface area contributed by atoms with E-state index in [0.717, 1.165) is 50.8 Å². The fourth-order valence-corrected chi connectivity index (χ4v) is 5.63. The number of carboxylic acid groups (broad SMARTS) is 1. The lowest BCUT2D eigenvalue weighted by atomic mass is 10.1. The molecule has 2 aromatic carbocycles. The summed E-state index contributed by atoms with van der Waals surface area (Å²) >= 11 is 3.05. The Morgan fingerprint density at radius 2 is 1.78 bits per heavy atom. The van der Waals surface area contributed by atoms with Crippen LogP contribution in [0, 0.1) is 0 Å². The van der Waals surface area contributed by atoms with Crippen LogP contribution < -0.4 is 0 Å². The molecule has 4 rings (SSSR count). The summed E-state index contributed by atoms with van der Waals surface area (Å²) in [5, 5.41) is 10.7. The number of para-hydroxylation sites is 1. The van der Waals surface area contributed by atoms with Crippen molar-refractivity contribution >= 4 is 38.9 Å². The zero-order chi connectivity index (χ0) is 22.9. The summed E-state index contributed by atoms with van der Waals surface area (Å²) < 4.78 is 39.4. The molecule has 0 bridgehead atoms. The minimum absolute atomic E-state index is 0.0637. The molecule has 0 aliphatic rings. The second kappa shape index (κ2) is 8.99. The van der Waals surface area contributed by atoms with Crippen molar-refractivity contribution in [2.75, 3.05) is 0 Å². The van der Waals surface area contributed by atoms with E-state index in [4.69, 9.17) is 5.11 Å². The molecule has 4 nitrogen and oxygen atoms in total. The van der Waals surface area contributed by atoms with Gasteiger partial charge in [-0.05, 0) is 36.6 Å². The van der Waals surface area contributed by atoms with Gasteiger partial charge in [-0.3, -0.25) is 4.79 Å². The molecule has 0 atom stereocenters. The van der Waals surface area contributed by atoms with E-state index in [2.05, 4.69) is 9.97 Å². The van der Waals surface area contributed by atoms with E-state index in [1.54, 1.807) is 17.4 Å². The van der Waals surface area contributed by atoms with Gasteiger partial charge in [0.2, 0.25) is 0 Å². The molecule has 0 radical (unpaired) electrons. The van der Waals surface area contributed by atoms with Crippen LogP contribution in [0.15, 0.2) is 42.5 Å². The average Bonchev–Trinajstić information content (AvgIpc) is 3.35. The molecule has 0 aliphatic heterocycles. The van der Waals surface area contributed by atoms with Crippen molar-refractivity contribution in [2.45, 2.75) is 38.8 Å². The van der Waals surface area contributed by atoms with Crippen molar-refractivity contribution in [3.05, 3.63) is 69.2 Å². The van der Waals surface area contributed by atoms with E-state index >= 15 is 0 Å². The van der Waals surface area contributed by atoms with Crippen LogP contribution in [-0.2, 0) is 36.7 Å². The van der Waals surface area contributed by atoms with Gasteiger partial charge < -0.3 is 5.11 Å². The Morgan fingerprint density at radius 1 is 1.03 bits per heavy atom. The maximum atomic E-state index is 12.8. The zero-order valence-electron chi connectivity index (χ0n) is 17.1. The van der Waals surface area contributed by atoms with Crippen LogP contribution in [0.5, 0.6) is 0 Å². The van der Waals surface area contributed by atoms with E-state index in [1.165, 1.54) is 23.5 Å². The molecule has 0 amide bonds. The highest BCUT2D eigenvalue weighted by Crippen LogP contribution is 2.34. The molecule has 0 spiro atoms. The molecule has 4 aromatic rings. The number of hydrogen-bond donors (Lipinski definition) is 1. The number of aryl methyl sites for hydroxylation is 3. The van der Waals surface area contributed by atoms with E-state index in [-0.39, 0.29) is 6.42 Å². The van der Waals surface area contributed by atoms with Crippen LogP contribution in [0.4, 0.5) is 13.2 Å². The van der Waals surface area contributed by atoms with Crippen molar-refractivity contribution in [3.63, 3.8) is 0 Å². The first kappa shape index (κ1) is 22.4. The van der Waals surface area contributed by atoms with Gasteiger partial charge in [0.1, 0.15) is 5.01 Å². The van der Waals surface area contributed by atoms with Crippen molar-refractivity contribution in [2.24, 2.45) is 0 Å². The van der Waals surface area contributed by atoms with Crippen molar-refractivity contribution in [1.82, 2.24) is 9.97 Å². The molecular weight excluding hydrogens is 457 g/mol. The number of rotatable bonds is 7. The Morgan fingerprint density at radius 3 is 2.44 bits per heavy atom. The van der Waals surface area contributed by atoms with Gasteiger partial charge in [0.05, 0.1) is 32.9 Å². The van der Waals surface area contributed by atoms with E-state index in [1.807, 2.05) is 19.1 Å². The summed E-state index contributed by atoms with van der Waals surface area (Å²) in [5.41, 5.74) is 2.38. The minimum Gasteiger partial charge on any atom is -0.481 e. The van der Waals surface area contributed by atoms with Gasteiger partial charge in [0, 0.05) is 16.9 Å². The molecule has 0 fully saturated rings. The topological polar surface area (TPSA) is 63.1 Å². The fourth-order valence-electron chi connectivity index (χ4n) is 3.46. The summed E-state index contributed by atoms with van der Waals surface area (Å²) in [7, 11) is 0. The van der Waals surface area contributed by atoms with Gasteiger partial charge in [-0.1, -0.05) is 31.2 Å². The van der Waals surface area contributed by atoms with Gasteiger partial charge in [-0.25, -0.2) is 9.97 Å². The largest absolute Gasteiger partial charge is 0.481 e. The van der Waals surface area contributed by atoms with Gasteiger partial charge in [-0.2, -0.15) is 13.2 Å². The monoisotopic (exact) mass is 476 g/mol. The highest BCUT2D eigenvalue weighted by atomic mass is 32.1. The summed E-state index contributed by atoms with van der Waals surface area (Å²) in [4.78, 5) is 21.5. The number of hydrogen-bond acceptors (Lipinski definition) is 5. The van der Waals surface area contributed by atoms with Crippen LogP contribution in [0.2, 0.25) is 0 Å². The first-order chi connectivity index (χ1) is 15.2. The molecule has 0 saturated heterocycles. The first-order valence-corrected chi connectivity index (χ1v) is 11.6. The summed E-state index contributed by atoms with van der Waals surface area (Å²) in [6.07, 6.45) is -2.29. The standard InChI is InChI=1S/C23H19F3N2O2S2/c1-2-16-17(32-22(27-16)13-6-8-15(9-7-13)23(24,25)26)10-11-19-28-21-14(12-20(29)30)4-3-5-18(21)31-19/h3-9H,2,10-12H2,1H3,(H,29,30). The smallest absolute Gasteiger partial charge is 0.416 e. The Labute approximate surface area is 190 Å². The zero-order valence-corrected chi connectivity index (χ0v) is 18.7. The molecule has 2 aromatic heterocycles. The van der Waals surface area contributed by atoms with Crippen LogP contribution in [0.1, 0.15) is 33.6 Å². The van der Waals surface area contributed by atoms with Crippen molar-refractivity contribution < 1.29 is 23.1 Å². The van der Waals surface area contributed by atoms with Gasteiger partial charge in [-0.15, -0.1) is 22.7 Å². The third-order valence-corrected chi connectivity index (χ3v) is 7.31. The predicted molar refractivity (Wildman–Crippen MR) is 120 cm³/mol. The van der Waals surface area contributed by atoms with Crippen molar-refractivity contribution in [3.8, 4) is 10.6 Å². The van der Waals surface area contributed by atoms with Crippen LogP contribution >= 0.6 is 22.7 Å². The quantitative estimate of drug-likeness (QED) is 0.335. The number of aliphatic carboxylic acids is 1. The van der Waals surface area contributed by atoms with Crippen LogP contribution in [-0.4, -0.2) is 21.0 Å². The van der Waals surface area contributed by atoms with Crippen LogP contribution in [0.25, 0.3) is 20.8 Å². The van der Waals surface area contributed by atoms with Gasteiger partial charge in [0.25, 0.3) is 0 Å². The predicted octanol–water partition coefficient (Wildman–Crippen LogP) is 6.41. The molecule has 0 saturated carbocycles. The molecule has 166 valence electrons. The molecular formula is C23H19F3N2O2S2. The fraction of sp³-hybridized carbons (Fsp3) is 0.261. The Balaban J connectivity index is 1.54. The summed E-state index contributed by atoms with van der Waals surface area (Å²) in [6, 6.07) is 10.7.